The van der Waals surface area contributed by atoms with Crippen LogP contribution in [0.1, 0.15) is 47.6 Å². The van der Waals surface area contributed by atoms with Crippen LogP contribution < -0.4 is 0 Å². The molecule has 4 heterocycles. The molecule has 0 radical (unpaired) electrons. The number of nitrogens with zero attached hydrogens (tertiary/aromatic N) is 3. The number of carbonyl (C=O) groups excluding carboxylic acids is 3. The summed E-state index contributed by atoms with van der Waals surface area (Å²) < 4.78 is 5.07. The molecule has 3 aliphatic rings. The highest BCUT2D eigenvalue weighted by molar-refractivity contribution is 6.41. The van der Waals surface area contributed by atoms with Crippen molar-refractivity contribution in [3.8, 4) is 0 Å². The first-order chi connectivity index (χ1) is 13.6. The average molecular weight is 382 g/mol. The molecule has 0 bridgehead atoms. The molecular weight excluding hydrogens is 360 g/mol. The number of Topliss-reactive ketones (excluding diaryl/α,β-unsaturated/α-hetero) is 1. The topological polar surface area (TPSA) is 99.5 Å². The lowest BCUT2D eigenvalue weighted by Gasteiger charge is -2.50. The minimum Gasteiger partial charge on any atom is -0.461 e. The predicted octanol–water partition coefficient (Wildman–Crippen LogP) is 1.50. The number of likely N-dealkylation sites (tertiary alicyclic amines) is 1. The van der Waals surface area contributed by atoms with E-state index in [1.54, 1.807) is 17.3 Å². The van der Waals surface area contributed by atoms with Crippen molar-refractivity contribution in [3.63, 3.8) is 0 Å². The summed E-state index contributed by atoms with van der Waals surface area (Å²) in [4.78, 5) is 49.3. The Hall–Kier alpha value is -2.90. The van der Waals surface area contributed by atoms with Crippen molar-refractivity contribution in [2.75, 3.05) is 19.6 Å². The Kier molecular flexibility index (Phi) is 3.89. The number of H-pyrrole nitrogens is 1. The molecule has 0 atom stereocenters. The first kappa shape index (κ1) is 17.2. The number of ketones is 1. The van der Waals surface area contributed by atoms with Gasteiger partial charge in [0, 0.05) is 37.7 Å². The molecule has 2 aromatic heterocycles. The molecule has 1 saturated carbocycles. The van der Waals surface area contributed by atoms with Gasteiger partial charge in [-0.2, -0.15) is 0 Å². The van der Waals surface area contributed by atoms with Crippen LogP contribution in [0.15, 0.2) is 29.1 Å². The molecule has 8 nitrogen and oxygen atoms in total. The molecule has 1 aliphatic carbocycles. The predicted molar refractivity (Wildman–Crippen MR) is 97.3 cm³/mol. The summed E-state index contributed by atoms with van der Waals surface area (Å²) in [5.41, 5.74) is 1.51. The summed E-state index contributed by atoms with van der Waals surface area (Å²) in [5.74, 6) is -0.778. The Morgan fingerprint density at radius 1 is 1.18 bits per heavy atom. The molecule has 2 fully saturated rings. The number of rotatable bonds is 3. The van der Waals surface area contributed by atoms with Crippen molar-refractivity contribution in [1.82, 2.24) is 19.8 Å². The van der Waals surface area contributed by atoms with Crippen LogP contribution in [0.2, 0.25) is 0 Å². The number of amides is 2. The van der Waals surface area contributed by atoms with Crippen molar-refractivity contribution in [3.05, 3.63) is 41.9 Å². The summed E-state index contributed by atoms with van der Waals surface area (Å²) in [6.07, 6.45) is 6.93. The Balaban J connectivity index is 1.39. The third-order valence-corrected chi connectivity index (χ3v) is 6.27. The van der Waals surface area contributed by atoms with E-state index in [2.05, 4.69) is 9.97 Å². The third-order valence-electron chi connectivity index (χ3n) is 6.27. The van der Waals surface area contributed by atoms with Gasteiger partial charge in [-0.3, -0.25) is 14.4 Å². The van der Waals surface area contributed by atoms with E-state index in [1.165, 1.54) is 12.3 Å². The minimum absolute atomic E-state index is 0.0584. The molecule has 28 heavy (non-hydrogen) atoms. The maximum absolute atomic E-state index is 13.0. The first-order valence-corrected chi connectivity index (χ1v) is 9.81. The number of piperidine rings is 1. The zero-order chi connectivity index (χ0) is 19.3. The fourth-order valence-corrected chi connectivity index (χ4v) is 4.59. The number of aromatic amines is 1. The number of hydrogen-bond donors (Lipinski definition) is 1. The number of fused-ring (bicyclic) bond motifs is 2. The number of furan rings is 1. The van der Waals surface area contributed by atoms with Gasteiger partial charge in [-0.05, 0) is 37.8 Å². The summed E-state index contributed by atoms with van der Waals surface area (Å²) in [6, 6.07) is 3.09. The van der Waals surface area contributed by atoms with E-state index in [0.717, 1.165) is 30.7 Å². The zero-order valence-electron chi connectivity index (χ0n) is 15.5. The number of aromatic nitrogens is 2. The van der Waals surface area contributed by atoms with Crippen molar-refractivity contribution < 1.29 is 18.8 Å². The highest BCUT2D eigenvalue weighted by Gasteiger charge is 2.51. The van der Waals surface area contributed by atoms with E-state index in [9.17, 15) is 14.4 Å². The van der Waals surface area contributed by atoms with Crippen molar-refractivity contribution >= 4 is 17.6 Å². The van der Waals surface area contributed by atoms with Crippen LogP contribution in [0.4, 0.5) is 0 Å². The molecule has 2 aliphatic heterocycles. The van der Waals surface area contributed by atoms with Gasteiger partial charge < -0.3 is 19.2 Å². The van der Waals surface area contributed by atoms with Gasteiger partial charge in [-0.1, -0.05) is 0 Å². The van der Waals surface area contributed by atoms with Crippen LogP contribution in [-0.4, -0.2) is 57.0 Å². The molecule has 0 unspecified atom stereocenters. The summed E-state index contributed by atoms with van der Waals surface area (Å²) in [6.45, 7) is 1.49. The van der Waals surface area contributed by atoms with Crippen LogP contribution in [0.25, 0.3) is 0 Å². The lowest BCUT2D eigenvalue weighted by Crippen LogP contribution is -2.59. The molecule has 0 aromatic carbocycles. The Morgan fingerprint density at radius 3 is 2.64 bits per heavy atom. The van der Waals surface area contributed by atoms with Crippen molar-refractivity contribution in [1.29, 1.82) is 0 Å². The second kappa shape index (κ2) is 6.32. The van der Waals surface area contributed by atoms with Crippen LogP contribution in [0.3, 0.4) is 0 Å². The van der Waals surface area contributed by atoms with Gasteiger partial charge in [0.15, 0.2) is 5.76 Å². The van der Waals surface area contributed by atoms with E-state index in [4.69, 9.17) is 4.42 Å². The fraction of sp³-hybridized carbons (Fsp3) is 0.500. The second-order valence-corrected chi connectivity index (χ2v) is 7.87. The van der Waals surface area contributed by atoms with Gasteiger partial charge >= 0.3 is 0 Å². The molecule has 1 saturated heterocycles. The molecule has 1 spiro atoms. The summed E-state index contributed by atoms with van der Waals surface area (Å²) in [5, 5.41) is 0. The molecule has 2 aromatic rings. The lowest BCUT2D eigenvalue weighted by molar-refractivity contribution is -0.144. The third kappa shape index (κ3) is 2.58. The maximum Gasteiger partial charge on any atom is 0.298 e. The summed E-state index contributed by atoms with van der Waals surface area (Å²) >= 11 is 0. The van der Waals surface area contributed by atoms with Crippen LogP contribution in [0.5, 0.6) is 0 Å². The van der Waals surface area contributed by atoms with E-state index < -0.39 is 17.2 Å². The number of hydrogen-bond acceptors (Lipinski definition) is 5. The maximum atomic E-state index is 13.0. The Morgan fingerprint density at radius 2 is 1.96 bits per heavy atom. The van der Waals surface area contributed by atoms with E-state index in [1.807, 2.05) is 4.90 Å². The van der Waals surface area contributed by atoms with Gasteiger partial charge in [0.25, 0.3) is 11.7 Å². The number of carbonyl (C=O) groups is 3. The fourth-order valence-electron chi connectivity index (χ4n) is 4.59. The standard InChI is InChI=1S/C20H22N4O4/c25-16(15-2-1-11-28-15)19(27)23-9-6-20(7-10-23)17-14(21-12-22-17)5-8-24(20)18(26)13-3-4-13/h1-2,11-13H,3-10H2,(H,21,22). The lowest BCUT2D eigenvalue weighted by atomic mass is 9.78. The normalized spacial score (nSPS) is 20.9. The SMILES string of the molecule is O=C(C(=O)N1CCC2(CC1)c1nc[nH]c1CCN2C(=O)C1CC1)c1ccco1. The first-order valence-electron chi connectivity index (χ1n) is 9.81. The van der Waals surface area contributed by atoms with Crippen LogP contribution >= 0.6 is 0 Å². The average Bonchev–Trinajstić information content (AvgIpc) is 3.20. The highest BCUT2D eigenvalue weighted by Crippen LogP contribution is 2.45. The van der Waals surface area contributed by atoms with Crippen molar-refractivity contribution in [2.24, 2.45) is 5.92 Å². The number of imidazole rings is 1. The molecule has 8 heteroatoms. The van der Waals surface area contributed by atoms with E-state index in [0.29, 0.717) is 32.5 Å². The quantitative estimate of drug-likeness (QED) is 0.641. The molecule has 2 amide bonds. The van der Waals surface area contributed by atoms with Gasteiger partial charge in [-0.15, -0.1) is 0 Å². The molecule has 1 N–H and O–H groups in total. The van der Waals surface area contributed by atoms with Gasteiger partial charge in [0.1, 0.15) is 0 Å². The largest absolute Gasteiger partial charge is 0.461 e. The van der Waals surface area contributed by atoms with Gasteiger partial charge in [0.2, 0.25) is 5.91 Å². The molecule has 5 rings (SSSR count). The van der Waals surface area contributed by atoms with Crippen LogP contribution in [0, 0.1) is 5.92 Å². The Bertz CT molecular complexity index is 920. The highest BCUT2D eigenvalue weighted by atomic mass is 16.3. The molecular formula is C20H22N4O4. The monoisotopic (exact) mass is 382 g/mol. The second-order valence-electron chi connectivity index (χ2n) is 7.87. The Labute approximate surface area is 161 Å². The summed E-state index contributed by atoms with van der Waals surface area (Å²) in [7, 11) is 0. The van der Waals surface area contributed by atoms with Gasteiger partial charge in [0.05, 0.1) is 23.8 Å². The van der Waals surface area contributed by atoms with E-state index in [-0.39, 0.29) is 17.6 Å². The van der Waals surface area contributed by atoms with Crippen molar-refractivity contribution in [2.45, 2.75) is 37.6 Å². The number of nitrogens with one attached hydrogen (secondary N) is 1. The smallest absolute Gasteiger partial charge is 0.298 e. The molecule has 146 valence electrons. The van der Waals surface area contributed by atoms with Gasteiger partial charge in [-0.25, -0.2) is 4.98 Å². The van der Waals surface area contributed by atoms with Crippen LogP contribution in [-0.2, 0) is 21.5 Å². The zero-order valence-corrected chi connectivity index (χ0v) is 15.5. The minimum atomic E-state index is -0.629. The van der Waals surface area contributed by atoms with E-state index >= 15 is 0 Å².